The number of nitrogens with two attached hydrogens (primary N) is 1. The second kappa shape index (κ2) is 5.08. The first-order valence-corrected chi connectivity index (χ1v) is 5.94. The standard InChI is InChI=1S/C15H17FN2/c1-10-3-8-15(14(17)9-10)18-11(2)12-4-6-13(16)7-5-12/h3-9,11,18H,17H2,1-2H3. The second-order valence-corrected chi connectivity index (χ2v) is 4.51. The second-order valence-electron chi connectivity index (χ2n) is 4.51. The smallest absolute Gasteiger partial charge is 0.123 e. The summed E-state index contributed by atoms with van der Waals surface area (Å²) in [6.07, 6.45) is 0. The molecule has 0 radical (unpaired) electrons. The number of aryl methyl sites for hydroxylation is 1. The minimum absolute atomic E-state index is 0.0793. The highest BCUT2D eigenvalue weighted by molar-refractivity contribution is 5.67. The molecule has 3 heteroatoms. The molecule has 0 aliphatic heterocycles. The molecule has 0 aliphatic rings. The summed E-state index contributed by atoms with van der Waals surface area (Å²) in [5.41, 5.74) is 9.73. The van der Waals surface area contributed by atoms with Gasteiger partial charge in [0.05, 0.1) is 11.4 Å². The lowest BCUT2D eigenvalue weighted by Gasteiger charge is -2.17. The van der Waals surface area contributed by atoms with Gasteiger partial charge in [0.2, 0.25) is 0 Å². The van der Waals surface area contributed by atoms with Crippen LogP contribution in [0.15, 0.2) is 42.5 Å². The Kier molecular flexibility index (Phi) is 3.51. The SMILES string of the molecule is Cc1ccc(NC(C)c2ccc(F)cc2)c(N)c1. The van der Waals surface area contributed by atoms with Crippen molar-refractivity contribution in [2.45, 2.75) is 19.9 Å². The van der Waals surface area contributed by atoms with Crippen molar-refractivity contribution in [3.63, 3.8) is 0 Å². The summed E-state index contributed by atoms with van der Waals surface area (Å²) in [4.78, 5) is 0. The number of benzene rings is 2. The Hall–Kier alpha value is -2.03. The van der Waals surface area contributed by atoms with Crippen molar-refractivity contribution < 1.29 is 4.39 Å². The predicted molar refractivity (Wildman–Crippen MR) is 74.0 cm³/mol. The zero-order valence-electron chi connectivity index (χ0n) is 10.6. The topological polar surface area (TPSA) is 38.0 Å². The van der Waals surface area contributed by atoms with Crippen LogP contribution in [0.25, 0.3) is 0 Å². The lowest BCUT2D eigenvalue weighted by atomic mass is 10.1. The summed E-state index contributed by atoms with van der Waals surface area (Å²) in [5, 5.41) is 3.33. The van der Waals surface area contributed by atoms with E-state index in [-0.39, 0.29) is 11.9 Å². The Morgan fingerprint density at radius 1 is 1.11 bits per heavy atom. The van der Waals surface area contributed by atoms with Crippen molar-refractivity contribution in [2.75, 3.05) is 11.1 Å². The average Bonchev–Trinajstić information content (AvgIpc) is 2.33. The molecule has 0 aromatic heterocycles. The Balaban J connectivity index is 2.15. The van der Waals surface area contributed by atoms with Gasteiger partial charge >= 0.3 is 0 Å². The van der Waals surface area contributed by atoms with Gasteiger partial charge in [-0.3, -0.25) is 0 Å². The quantitative estimate of drug-likeness (QED) is 0.804. The van der Waals surface area contributed by atoms with E-state index in [0.717, 1.165) is 22.5 Å². The third-order valence-corrected chi connectivity index (χ3v) is 2.95. The molecule has 0 saturated heterocycles. The summed E-state index contributed by atoms with van der Waals surface area (Å²) in [5.74, 6) is -0.221. The van der Waals surface area contributed by atoms with Gasteiger partial charge in [-0.15, -0.1) is 0 Å². The summed E-state index contributed by atoms with van der Waals surface area (Å²) < 4.78 is 12.8. The van der Waals surface area contributed by atoms with Gasteiger partial charge in [0.25, 0.3) is 0 Å². The molecule has 18 heavy (non-hydrogen) atoms. The fourth-order valence-corrected chi connectivity index (χ4v) is 1.88. The van der Waals surface area contributed by atoms with Crippen LogP contribution in [0.4, 0.5) is 15.8 Å². The molecule has 2 nitrogen and oxygen atoms in total. The highest BCUT2D eigenvalue weighted by Gasteiger charge is 2.07. The third-order valence-electron chi connectivity index (χ3n) is 2.95. The maximum absolute atomic E-state index is 12.8. The molecule has 3 N–H and O–H groups in total. The molecule has 94 valence electrons. The first kappa shape index (κ1) is 12.4. The van der Waals surface area contributed by atoms with E-state index in [1.165, 1.54) is 12.1 Å². The molecular weight excluding hydrogens is 227 g/mol. The van der Waals surface area contributed by atoms with Crippen LogP contribution < -0.4 is 11.1 Å². The van der Waals surface area contributed by atoms with Crippen molar-refractivity contribution >= 4 is 11.4 Å². The number of hydrogen-bond acceptors (Lipinski definition) is 2. The molecule has 0 heterocycles. The number of anilines is 2. The van der Waals surface area contributed by atoms with E-state index < -0.39 is 0 Å². The summed E-state index contributed by atoms with van der Waals surface area (Å²) in [6.45, 7) is 4.02. The average molecular weight is 244 g/mol. The van der Waals surface area contributed by atoms with Crippen LogP contribution in [0.5, 0.6) is 0 Å². The Bertz CT molecular complexity index is 535. The first-order chi connectivity index (χ1) is 8.56. The normalized spacial score (nSPS) is 12.2. The van der Waals surface area contributed by atoms with E-state index in [1.807, 2.05) is 32.0 Å². The van der Waals surface area contributed by atoms with Gasteiger partial charge in [0.1, 0.15) is 5.82 Å². The fraction of sp³-hybridized carbons (Fsp3) is 0.200. The van der Waals surface area contributed by atoms with Crippen molar-refractivity contribution in [3.8, 4) is 0 Å². The number of rotatable bonds is 3. The molecule has 2 rings (SSSR count). The highest BCUT2D eigenvalue weighted by atomic mass is 19.1. The number of halogens is 1. The van der Waals surface area contributed by atoms with Gasteiger partial charge in [-0.25, -0.2) is 4.39 Å². The largest absolute Gasteiger partial charge is 0.397 e. The van der Waals surface area contributed by atoms with E-state index in [4.69, 9.17) is 5.73 Å². The van der Waals surface area contributed by atoms with Gasteiger partial charge in [0, 0.05) is 6.04 Å². The molecule has 0 saturated carbocycles. The monoisotopic (exact) mass is 244 g/mol. The summed E-state index contributed by atoms with van der Waals surface area (Å²) in [7, 11) is 0. The molecule has 1 unspecified atom stereocenters. The van der Waals surface area contributed by atoms with Crippen LogP contribution in [-0.2, 0) is 0 Å². The first-order valence-electron chi connectivity index (χ1n) is 5.94. The van der Waals surface area contributed by atoms with Gasteiger partial charge in [-0.1, -0.05) is 18.2 Å². The van der Waals surface area contributed by atoms with Crippen LogP contribution in [0, 0.1) is 12.7 Å². The highest BCUT2D eigenvalue weighted by Crippen LogP contribution is 2.25. The molecule has 0 amide bonds. The molecule has 0 fully saturated rings. The van der Waals surface area contributed by atoms with E-state index in [0.29, 0.717) is 0 Å². The van der Waals surface area contributed by atoms with Crippen molar-refractivity contribution in [3.05, 3.63) is 59.4 Å². The van der Waals surface area contributed by atoms with E-state index >= 15 is 0 Å². The maximum Gasteiger partial charge on any atom is 0.123 e. The minimum Gasteiger partial charge on any atom is -0.397 e. The van der Waals surface area contributed by atoms with E-state index in [1.54, 1.807) is 12.1 Å². The molecule has 1 atom stereocenters. The van der Waals surface area contributed by atoms with Gasteiger partial charge in [-0.05, 0) is 49.2 Å². The lowest BCUT2D eigenvalue weighted by Crippen LogP contribution is -2.08. The number of hydrogen-bond donors (Lipinski definition) is 2. The summed E-state index contributed by atoms with van der Waals surface area (Å²) >= 11 is 0. The molecule has 0 spiro atoms. The van der Waals surface area contributed by atoms with Gasteiger partial charge in [0.15, 0.2) is 0 Å². The van der Waals surface area contributed by atoms with Crippen LogP contribution in [0.2, 0.25) is 0 Å². The number of nitrogen functional groups attached to an aromatic ring is 1. The van der Waals surface area contributed by atoms with Crippen LogP contribution in [0.1, 0.15) is 24.1 Å². The molecule has 2 aromatic rings. The van der Waals surface area contributed by atoms with Crippen molar-refractivity contribution in [1.82, 2.24) is 0 Å². The fourth-order valence-electron chi connectivity index (χ4n) is 1.88. The van der Waals surface area contributed by atoms with Crippen LogP contribution >= 0.6 is 0 Å². The van der Waals surface area contributed by atoms with Crippen molar-refractivity contribution in [1.29, 1.82) is 0 Å². The minimum atomic E-state index is -0.221. The number of nitrogens with one attached hydrogen (secondary N) is 1. The van der Waals surface area contributed by atoms with Gasteiger partial charge in [-0.2, -0.15) is 0 Å². The Morgan fingerprint density at radius 3 is 2.39 bits per heavy atom. The van der Waals surface area contributed by atoms with Crippen LogP contribution in [-0.4, -0.2) is 0 Å². The molecule has 0 aliphatic carbocycles. The zero-order chi connectivity index (χ0) is 13.1. The summed E-state index contributed by atoms with van der Waals surface area (Å²) in [6, 6.07) is 12.5. The molecule has 2 aromatic carbocycles. The van der Waals surface area contributed by atoms with Crippen molar-refractivity contribution in [2.24, 2.45) is 0 Å². The predicted octanol–water partition coefficient (Wildman–Crippen LogP) is 3.89. The zero-order valence-corrected chi connectivity index (χ0v) is 10.6. The van der Waals surface area contributed by atoms with Crippen LogP contribution in [0.3, 0.4) is 0 Å². The Labute approximate surface area is 107 Å². The van der Waals surface area contributed by atoms with E-state index in [9.17, 15) is 4.39 Å². The Morgan fingerprint density at radius 2 is 1.78 bits per heavy atom. The van der Waals surface area contributed by atoms with Gasteiger partial charge < -0.3 is 11.1 Å². The molecular formula is C15H17FN2. The lowest BCUT2D eigenvalue weighted by molar-refractivity contribution is 0.626. The maximum atomic E-state index is 12.8. The molecule has 0 bridgehead atoms. The van der Waals surface area contributed by atoms with E-state index in [2.05, 4.69) is 5.32 Å². The third kappa shape index (κ3) is 2.80.